The molecule has 2 unspecified atom stereocenters. The van der Waals surface area contributed by atoms with Crippen LogP contribution >= 0.6 is 0 Å². The van der Waals surface area contributed by atoms with Gasteiger partial charge in [-0.1, -0.05) is 43.7 Å². The van der Waals surface area contributed by atoms with Gasteiger partial charge in [0.05, 0.1) is 17.7 Å². The molecule has 3 heteroatoms. The van der Waals surface area contributed by atoms with Gasteiger partial charge in [0.25, 0.3) is 0 Å². The van der Waals surface area contributed by atoms with Crippen molar-refractivity contribution in [3.8, 4) is 11.5 Å². The highest BCUT2D eigenvalue weighted by atomic mass is 16.5. The molecule has 0 aliphatic rings. The van der Waals surface area contributed by atoms with Crippen molar-refractivity contribution in [2.45, 2.75) is 38.7 Å². The Morgan fingerprint density at radius 1 is 0.923 bits per heavy atom. The standard InChI is InChI=1S/C23H25NO2/c1-3-6-17(2)26-21-14-10-19(11-15-21)23(22-7-4-5-16-24-22)18-8-12-20(25)13-9-18/h4-5,7-17,23,25H,3,6H2,1-2H3. The fourth-order valence-corrected chi connectivity index (χ4v) is 3.18. The SMILES string of the molecule is CCCC(C)Oc1ccc(C(c2ccc(O)cc2)c2ccccn2)cc1. The van der Waals surface area contributed by atoms with Crippen LogP contribution in [0.3, 0.4) is 0 Å². The molecular formula is C23H25NO2. The fourth-order valence-electron chi connectivity index (χ4n) is 3.18. The third kappa shape index (κ3) is 4.42. The van der Waals surface area contributed by atoms with Crippen LogP contribution in [0.1, 0.15) is 49.4 Å². The second-order valence-corrected chi connectivity index (χ2v) is 6.57. The van der Waals surface area contributed by atoms with E-state index in [1.165, 1.54) is 0 Å². The second kappa shape index (κ2) is 8.52. The zero-order valence-electron chi connectivity index (χ0n) is 15.3. The van der Waals surface area contributed by atoms with Crippen LogP contribution in [0.4, 0.5) is 0 Å². The summed E-state index contributed by atoms with van der Waals surface area (Å²) < 4.78 is 5.97. The van der Waals surface area contributed by atoms with Gasteiger partial charge in [-0.15, -0.1) is 0 Å². The Kier molecular flexibility index (Phi) is 5.90. The molecule has 0 saturated carbocycles. The first kappa shape index (κ1) is 18.0. The first-order chi connectivity index (χ1) is 12.7. The number of phenolic OH excluding ortho intramolecular Hbond substituents is 1. The number of rotatable bonds is 7. The predicted molar refractivity (Wildman–Crippen MR) is 105 cm³/mol. The Balaban J connectivity index is 1.91. The molecule has 3 nitrogen and oxygen atoms in total. The number of phenols is 1. The lowest BCUT2D eigenvalue weighted by molar-refractivity contribution is 0.210. The minimum atomic E-state index is 0.0129. The van der Waals surface area contributed by atoms with E-state index in [1.807, 2.05) is 48.7 Å². The normalized spacial score (nSPS) is 13.2. The van der Waals surface area contributed by atoms with Gasteiger partial charge in [-0.25, -0.2) is 0 Å². The lowest BCUT2D eigenvalue weighted by Gasteiger charge is -2.19. The van der Waals surface area contributed by atoms with Gasteiger partial charge < -0.3 is 9.84 Å². The average Bonchev–Trinajstić information content (AvgIpc) is 2.66. The van der Waals surface area contributed by atoms with E-state index in [2.05, 4.69) is 31.0 Å². The molecule has 134 valence electrons. The number of hydrogen-bond acceptors (Lipinski definition) is 3. The number of ether oxygens (including phenoxy) is 1. The molecule has 0 amide bonds. The molecule has 0 saturated heterocycles. The fraction of sp³-hybridized carbons (Fsp3) is 0.261. The molecule has 0 radical (unpaired) electrons. The van der Waals surface area contributed by atoms with Crippen LogP contribution in [0.25, 0.3) is 0 Å². The molecule has 1 heterocycles. The monoisotopic (exact) mass is 347 g/mol. The maximum absolute atomic E-state index is 9.61. The van der Waals surface area contributed by atoms with Gasteiger partial charge in [0.1, 0.15) is 11.5 Å². The smallest absolute Gasteiger partial charge is 0.119 e. The van der Waals surface area contributed by atoms with Gasteiger partial charge in [-0.05, 0) is 60.9 Å². The van der Waals surface area contributed by atoms with Gasteiger partial charge in [0, 0.05) is 6.20 Å². The van der Waals surface area contributed by atoms with Crippen molar-refractivity contribution in [2.75, 3.05) is 0 Å². The van der Waals surface area contributed by atoms with Crippen molar-refractivity contribution in [1.29, 1.82) is 0 Å². The summed E-state index contributed by atoms with van der Waals surface area (Å²) >= 11 is 0. The van der Waals surface area contributed by atoms with Crippen molar-refractivity contribution >= 4 is 0 Å². The second-order valence-electron chi connectivity index (χ2n) is 6.57. The molecule has 2 aromatic carbocycles. The summed E-state index contributed by atoms with van der Waals surface area (Å²) in [4.78, 5) is 4.56. The van der Waals surface area contributed by atoms with Gasteiger partial charge in [0.2, 0.25) is 0 Å². The minimum Gasteiger partial charge on any atom is -0.508 e. The van der Waals surface area contributed by atoms with Crippen LogP contribution in [-0.2, 0) is 0 Å². The van der Waals surface area contributed by atoms with E-state index in [0.717, 1.165) is 35.4 Å². The van der Waals surface area contributed by atoms with Crippen LogP contribution < -0.4 is 4.74 Å². The quantitative estimate of drug-likeness (QED) is 0.610. The summed E-state index contributed by atoms with van der Waals surface area (Å²) in [5.74, 6) is 1.17. The Labute approximate surface area is 155 Å². The zero-order valence-corrected chi connectivity index (χ0v) is 15.3. The predicted octanol–water partition coefficient (Wildman–Crippen LogP) is 5.53. The topological polar surface area (TPSA) is 42.4 Å². The zero-order chi connectivity index (χ0) is 18.4. The molecular weight excluding hydrogens is 322 g/mol. The van der Waals surface area contributed by atoms with E-state index in [4.69, 9.17) is 4.74 Å². The maximum Gasteiger partial charge on any atom is 0.119 e. The molecule has 1 N–H and O–H groups in total. The highest BCUT2D eigenvalue weighted by Crippen LogP contribution is 2.32. The van der Waals surface area contributed by atoms with Crippen LogP contribution in [0.2, 0.25) is 0 Å². The highest BCUT2D eigenvalue weighted by molar-refractivity contribution is 5.43. The largest absolute Gasteiger partial charge is 0.508 e. The number of aromatic nitrogens is 1. The van der Waals surface area contributed by atoms with Crippen molar-refractivity contribution in [3.63, 3.8) is 0 Å². The van der Waals surface area contributed by atoms with E-state index < -0.39 is 0 Å². The molecule has 0 fully saturated rings. The van der Waals surface area contributed by atoms with Gasteiger partial charge >= 0.3 is 0 Å². The third-order valence-corrected chi connectivity index (χ3v) is 4.46. The van der Waals surface area contributed by atoms with Crippen LogP contribution in [-0.4, -0.2) is 16.2 Å². The van der Waals surface area contributed by atoms with E-state index in [-0.39, 0.29) is 17.8 Å². The van der Waals surface area contributed by atoms with Crippen LogP contribution in [0.5, 0.6) is 11.5 Å². The summed E-state index contributed by atoms with van der Waals surface area (Å²) in [6.45, 7) is 4.27. The summed E-state index contributed by atoms with van der Waals surface area (Å²) in [5.41, 5.74) is 3.21. The lowest BCUT2D eigenvalue weighted by atomic mass is 9.88. The third-order valence-electron chi connectivity index (χ3n) is 4.46. The summed E-state index contributed by atoms with van der Waals surface area (Å²) in [5, 5.41) is 9.61. The number of hydrogen-bond donors (Lipinski definition) is 1. The molecule has 2 atom stereocenters. The lowest BCUT2D eigenvalue weighted by Crippen LogP contribution is -2.11. The van der Waals surface area contributed by atoms with Crippen LogP contribution in [0, 0.1) is 0 Å². The molecule has 0 aliphatic carbocycles. The van der Waals surface area contributed by atoms with Gasteiger partial charge in [0.15, 0.2) is 0 Å². The Hall–Kier alpha value is -2.81. The number of aromatic hydroxyl groups is 1. The highest BCUT2D eigenvalue weighted by Gasteiger charge is 2.18. The van der Waals surface area contributed by atoms with E-state index >= 15 is 0 Å². The number of pyridine rings is 1. The van der Waals surface area contributed by atoms with E-state index in [9.17, 15) is 5.11 Å². The number of benzene rings is 2. The van der Waals surface area contributed by atoms with Crippen molar-refractivity contribution in [3.05, 3.63) is 89.7 Å². The summed E-state index contributed by atoms with van der Waals surface area (Å²) in [6.07, 6.45) is 4.19. The Morgan fingerprint density at radius 3 is 2.15 bits per heavy atom. The van der Waals surface area contributed by atoms with Crippen molar-refractivity contribution in [1.82, 2.24) is 4.98 Å². The van der Waals surface area contributed by atoms with E-state index in [0.29, 0.717) is 0 Å². The molecule has 0 aliphatic heterocycles. The number of nitrogens with zero attached hydrogens (tertiary/aromatic N) is 1. The molecule has 26 heavy (non-hydrogen) atoms. The Bertz CT molecular complexity index is 798. The minimum absolute atomic E-state index is 0.0129. The van der Waals surface area contributed by atoms with Gasteiger partial charge in [-0.2, -0.15) is 0 Å². The first-order valence-corrected chi connectivity index (χ1v) is 9.14. The molecule has 0 bridgehead atoms. The van der Waals surface area contributed by atoms with Crippen molar-refractivity contribution in [2.24, 2.45) is 0 Å². The molecule has 1 aromatic heterocycles. The first-order valence-electron chi connectivity index (χ1n) is 9.14. The summed E-state index contributed by atoms with van der Waals surface area (Å²) in [7, 11) is 0. The van der Waals surface area contributed by atoms with E-state index in [1.54, 1.807) is 12.1 Å². The average molecular weight is 347 g/mol. The van der Waals surface area contributed by atoms with Gasteiger partial charge in [-0.3, -0.25) is 4.98 Å². The maximum atomic E-state index is 9.61. The summed E-state index contributed by atoms with van der Waals surface area (Å²) in [6, 6.07) is 21.5. The van der Waals surface area contributed by atoms with Crippen molar-refractivity contribution < 1.29 is 9.84 Å². The molecule has 3 rings (SSSR count). The Morgan fingerprint density at radius 2 is 1.58 bits per heavy atom. The molecule has 3 aromatic rings. The molecule has 0 spiro atoms. The van der Waals surface area contributed by atoms with Crippen LogP contribution in [0.15, 0.2) is 72.9 Å².